The SMILES string of the molecule is CCN(CC)c1ncnc2c1cnn2CC(=O)NCCCOC. The second-order valence-corrected chi connectivity index (χ2v) is 5.11. The molecule has 0 aliphatic heterocycles. The van der Waals surface area contributed by atoms with Crippen LogP contribution in [-0.2, 0) is 16.1 Å². The average molecular weight is 320 g/mol. The molecule has 0 fully saturated rings. The monoisotopic (exact) mass is 320 g/mol. The van der Waals surface area contributed by atoms with Gasteiger partial charge in [0.25, 0.3) is 0 Å². The van der Waals surface area contributed by atoms with E-state index in [-0.39, 0.29) is 12.5 Å². The molecule has 126 valence electrons. The number of fused-ring (bicyclic) bond motifs is 1. The molecule has 0 aromatic carbocycles. The predicted molar refractivity (Wildman–Crippen MR) is 88.4 cm³/mol. The smallest absolute Gasteiger partial charge is 0.241 e. The molecule has 1 N–H and O–H groups in total. The van der Waals surface area contributed by atoms with Gasteiger partial charge in [-0.2, -0.15) is 5.10 Å². The van der Waals surface area contributed by atoms with E-state index in [4.69, 9.17) is 4.74 Å². The van der Waals surface area contributed by atoms with Crippen molar-refractivity contribution in [3.05, 3.63) is 12.5 Å². The third kappa shape index (κ3) is 4.16. The highest BCUT2D eigenvalue weighted by atomic mass is 16.5. The first-order chi connectivity index (χ1) is 11.2. The molecule has 0 bridgehead atoms. The van der Waals surface area contributed by atoms with Crippen LogP contribution in [0.5, 0.6) is 0 Å². The van der Waals surface area contributed by atoms with E-state index < -0.39 is 0 Å². The van der Waals surface area contributed by atoms with Gasteiger partial charge in [-0.15, -0.1) is 0 Å². The molecule has 8 nitrogen and oxygen atoms in total. The zero-order valence-electron chi connectivity index (χ0n) is 13.9. The summed E-state index contributed by atoms with van der Waals surface area (Å²) in [6, 6.07) is 0. The number of anilines is 1. The van der Waals surface area contributed by atoms with Crippen LogP contribution in [0.25, 0.3) is 11.0 Å². The van der Waals surface area contributed by atoms with Gasteiger partial charge in [-0.25, -0.2) is 14.6 Å². The number of carbonyl (C=O) groups is 1. The fraction of sp³-hybridized carbons (Fsp3) is 0.600. The maximum Gasteiger partial charge on any atom is 0.241 e. The molecule has 0 saturated carbocycles. The van der Waals surface area contributed by atoms with Gasteiger partial charge in [0.15, 0.2) is 5.65 Å². The summed E-state index contributed by atoms with van der Waals surface area (Å²) in [5.41, 5.74) is 0.675. The van der Waals surface area contributed by atoms with Gasteiger partial charge in [0.2, 0.25) is 5.91 Å². The van der Waals surface area contributed by atoms with Gasteiger partial charge in [0.1, 0.15) is 18.7 Å². The molecular formula is C15H24N6O2. The number of ether oxygens (including phenoxy) is 1. The van der Waals surface area contributed by atoms with Crippen molar-refractivity contribution in [3.63, 3.8) is 0 Å². The topological polar surface area (TPSA) is 85.2 Å². The van der Waals surface area contributed by atoms with Crippen LogP contribution in [0.3, 0.4) is 0 Å². The van der Waals surface area contributed by atoms with Crippen LogP contribution in [-0.4, -0.2) is 59.0 Å². The van der Waals surface area contributed by atoms with Crippen LogP contribution in [0.1, 0.15) is 20.3 Å². The van der Waals surface area contributed by atoms with Crippen LogP contribution in [0.4, 0.5) is 5.82 Å². The molecule has 8 heteroatoms. The average Bonchev–Trinajstić information content (AvgIpc) is 2.97. The molecule has 2 heterocycles. The van der Waals surface area contributed by atoms with Gasteiger partial charge in [-0.1, -0.05) is 0 Å². The molecule has 0 atom stereocenters. The van der Waals surface area contributed by atoms with Gasteiger partial charge < -0.3 is 15.0 Å². The van der Waals surface area contributed by atoms with Crippen LogP contribution in [0.15, 0.2) is 12.5 Å². The highest BCUT2D eigenvalue weighted by molar-refractivity contribution is 5.87. The molecule has 0 spiro atoms. The Kier molecular flexibility index (Phi) is 6.28. The quantitative estimate of drug-likeness (QED) is 0.689. The van der Waals surface area contributed by atoms with Crippen LogP contribution in [0.2, 0.25) is 0 Å². The summed E-state index contributed by atoms with van der Waals surface area (Å²) < 4.78 is 6.56. The summed E-state index contributed by atoms with van der Waals surface area (Å²) in [5, 5.41) is 8.00. The van der Waals surface area contributed by atoms with Crippen molar-refractivity contribution < 1.29 is 9.53 Å². The van der Waals surface area contributed by atoms with Crippen molar-refractivity contribution in [2.24, 2.45) is 0 Å². The van der Waals surface area contributed by atoms with E-state index >= 15 is 0 Å². The number of nitrogens with zero attached hydrogens (tertiary/aromatic N) is 5. The molecule has 2 rings (SSSR count). The van der Waals surface area contributed by atoms with Gasteiger partial charge in [0, 0.05) is 33.4 Å². The molecule has 23 heavy (non-hydrogen) atoms. The highest BCUT2D eigenvalue weighted by Gasteiger charge is 2.14. The number of rotatable bonds is 9. The maximum absolute atomic E-state index is 12.0. The van der Waals surface area contributed by atoms with E-state index in [0.29, 0.717) is 18.8 Å². The molecule has 0 radical (unpaired) electrons. The van der Waals surface area contributed by atoms with Gasteiger partial charge in [-0.05, 0) is 20.3 Å². The van der Waals surface area contributed by atoms with E-state index in [1.165, 1.54) is 6.33 Å². The lowest BCUT2D eigenvalue weighted by atomic mass is 10.3. The van der Waals surface area contributed by atoms with E-state index in [9.17, 15) is 4.79 Å². The molecule has 2 aromatic rings. The van der Waals surface area contributed by atoms with Crippen molar-refractivity contribution in [2.45, 2.75) is 26.8 Å². The third-order valence-electron chi connectivity index (χ3n) is 3.62. The van der Waals surface area contributed by atoms with E-state index in [0.717, 1.165) is 30.7 Å². The van der Waals surface area contributed by atoms with Crippen LogP contribution < -0.4 is 10.2 Å². The summed E-state index contributed by atoms with van der Waals surface area (Å²) >= 11 is 0. The lowest BCUT2D eigenvalue weighted by Crippen LogP contribution is -2.29. The number of carbonyl (C=O) groups excluding carboxylic acids is 1. The Morgan fingerprint density at radius 1 is 1.35 bits per heavy atom. The first-order valence-corrected chi connectivity index (χ1v) is 7.88. The minimum Gasteiger partial charge on any atom is -0.385 e. The maximum atomic E-state index is 12.0. The van der Waals surface area contributed by atoms with E-state index in [1.54, 1.807) is 18.0 Å². The first kappa shape index (κ1) is 17.1. The van der Waals surface area contributed by atoms with Crippen molar-refractivity contribution in [2.75, 3.05) is 38.3 Å². The lowest BCUT2D eigenvalue weighted by Gasteiger charge is -2.19. The van der Waals surface area contributed by atoms with Gasteiger partial charge >= 0.3 is 0 Å². The zero-order chi connectivity index (χ0) is 16.7. The fourth-order valence-electron chi connectivity index (χ4n) is 2.41. The minimum atomic E-state index is -0.0888. The van der Waals surface area contributed by atoms with Gasteiger partial charge in [-0.3, -0.25) is 4.79 Å². The number of amides is 1. The second kappa shape index (κ2) is 8.42. The Bertz CT molecular complexity index is 638. The zero-order valence-corrected chi connectivity index (χ0v) is 13.9. The Morgan fingerprint density at radius 3 is 2.83 bits per heavy atom. The molecular weight excluding hydrogens is 296 g/mol. The van der Waals surface area contributed by atoms with E-state index in [1.807, 2.05) is 0 Å². The summed E-state index contributed by atoms with van der Waals surface area (Å²) in [6.45, 7) is 7.23. The van der Waals surface area contributed by atoms with Crippen molar-refractivity contribution in [1.29, 1.82) is 0 Å². The summed E-state index contributed by atoms with van der Waals surface area (Å²) in [6.07, 6.45) is 4.03. The Labute approximate surface area is 135 Å². The summed E-state index contributed by atoms with van der Waals surface area (Å²) in [4.78, 5) is 22.8. The third-order valence-corrected chi connectivity index (χ3v) is 3.62. The highest BCUT2D eigenvalue weighted by Crippen LogP contribution is 2.22. The predicted octanol–water partition coefficient (Wildman–Crippen LogP) is 0.825. The number of hydrogen-bond acceptors (Lipinski definition) is 6. The van der Waals surface area contributed by atoms with E-state index in [2.05, 4.69) is 39.1 Å². The van der Waals surface area contributed by atoms with Crippen LogP contribution in [0, 0.1) is 0 Å². The molecule has 0 unspecified atom stereocenters. The van der Waals surface area contributed by atoms with Crippen molar-refractivity contribution in [3.8, 4) is 0 Å². The first-order valence-electron chi connectivity index (χ1n) is 7.88. The van der Waals surface area contributed by atoms with Crippen LogP contribution >= 0.6 is 0 Å². The minimum absolute atomic E-state index is 0.0888. The number of nitrogens with one attached hydrogen (secondary N) is 1. The number of aromatic nitrogens is 4. The van der Waals surface area contributed by atoms with Crippen molar-refractivity contribution in [1.82, 2.24) is 25.1 Å². The Hall–Kier alpha value is -2.22. The number of methoxy groups -OCH3 is 1. The largest absolute Gasteiger partial charge is 0.385 e. The van der Waals surface area contributed by atoms with Crippen molar-refractivity contribution >= 4 is 22.8 Å². The summed E-state index contributed by atoms with van der Waals surface area (Å²) in [5.74, 6) is 0.765. The normalized spacial score (nSPS) is 10.9. The molecule has 2 aromatic heterocycles. The summed E-state index contributed by atoms with van der Waals surface area (Å²) in [7, 11) is 1.64. The number of hydrogen-bond donors (Lipinski definition) is 1. The second-order valence-electron chi connectivity index (χ2n) is 5.11. The Morgan fingerprint density at radius 2 is 2.13 bits per heavy atom. The van der Waals surface area contributed by atoms with Gasteiger partial charge in [0.05, 0.1) is 11.6 Å². The molecule has 0 saturated heterocycles. The standard InChI is InChI=1S/C15H24N6O2/c1-4-20(5-2)14-12-9-19-21(15(12)18-11-17-14)10-13(22)16-7-6-8-23-3/h9,11H,4-8,10H2,1-3H3,(H,16,22). The molecule has 1 amide bonds. The Balaban J connectivity index is 2.11. The lowest BCUT2D eigenvalue weighted by molar-refractivity contribution is -0.121. The molecule has 0 aliphatic carbocycles. The fourth-order valence-corrected chi connectivity index (χ4v) is 2.41. The molecule has 0 aliphatic rings.